The highest BCUT2D eigenvalue weighted by molar-refractivity contribution is 7.89. The molecule has 0 heterocycles. The Morgan fingerprint density at radius 1 is 1.10 bits per heavy atom. The van der Waals surface area contributed by atoms with Crippen LogP contribution in [0.5, 0.6) is 5.75 Å². The van der Waals surface area contributed by atoms with E-state index in [1.807, 2.05) is 13.0 Å². The van der Waals surface area contributed by atoms with Crippen molar-refractivity contribution in [3.63, 3.8) is 0 Å². The normalized spacial score (nSPS) is 12.1. The Morgan fingerprint density at radius 2 is 1.79 bits per heavy atom. The number of benzene rings is 2. The summed E-state index contributed by atoms with van der Waals surface area (Å²) in [7, 11) is -3.79. The second kappa shape index (κ2) is 10.0. The largest absolute Gasteiger partial charge is 0.484 e. The van der Waals surface area contributed by atoms with Crippen molar-refractivity contribution >= 4 is 21.8 Å². The number of aliphatic hydroxyl groups excluding tert-OH is 1. The lowest BCUT2D eigenvalue weighted by molar-refractivity contribution is -0.123. The zero-order valence-corrected chi connectivity index (χ0v) is 16.8. The van der Waals surface area contributed by atoms with E-state index in [1.54, 1.807) is 18.2 Å². The average Bonchev–Trinajstić information content (AvgIpc) is 2.69. The van der Waals surface area contributed by atoms with E-state index >= 15 is 0 Å². The predicted octanol–water partition coefficient (Wildman–Crippen LogP) is 0.494. The maximum atomic E-state index is 12.1. The van der Waals surface area contributed by atoms with E-state index in [1.165, 1.54) is 31.2 Å². The summed E-state index contributed by atoms with van der Waals surface area (Å²) in [6, 6.07) is 12.3. The van der Waals surface area contributed by atoms with Crippen LogP contribution in [0.4, 0.5) is 0 Å². The molecule has 2 rings (SSSR count). The third kappa shape index (κ3) is 7.18. The number of hydrogen-bond donors (Lipinski definition) is 4. The molecule has 0 spiro atoms. The minimum absolute atomic E-state index is 0.0507. The number of carbonyl (C=O) groups is 2. The summed E-state index contributed by atoms with van der Waals surface area (Å²) in [5.41, 5.74) is 5.59. The number of sulfonamides is 1. The summed E-state index contributed by atoms with van der Waals surface area (Å²) in [5, 5.41) is 9.18. The zero-order valence-electron chi connectivity index (χ0n) is 16.0. The van der Waals surface area contributed by atoms with Crippen LogP contribution in [0, 0.1) is 6.92 Å². The van der Waals surface area contributed by atoms with E-state index in [4.69, 9.17) is 4.74 Å². The van der Waals surface area contributed by atoms with Crippen LogP contribution >= 0.6 is 0 Å². The first-order valence-electron chi connectivity index (χ1n) is 8.74. The van der Waals surface area contributed by atoms with Gasteiger partial charge in [-0.2, -0.15) is 0 Å². The number of aliphatic hydroxyl groups is 1. The summed E-state index contributed by atoms with van der Waals surface area (Å²) in [5.74, 6) is -0.636. The molecule has 0 aliphatic carbocycles. The van der Waals surface area contributed by atoms with Gasteiger partial charge in [0, 0.05) is 12.1 Å². The summed E-state index contributed by atoms with van der Waals surface area (Å²) in [4.78, 5) is 23.8. The third-order valence-corrected chi connectivity index (χ3v) is 5.11. The molecule has 2 aromatic carbocycles. The van der Waals surface area contributed by atoms with Gasteiger partial charge in [0.2, 0.25) is 10.0 Å². The second-order valence-electron chi connectivity index (χ2n) is 6.33. The van der Waals surface area contributed by atoms with E-state index in [-0.39, 0.29) is 23.6 Å². The van der Waals surface area contributed by atoms with Crippen molar-refractivity contribution in [1.29, 1.82) is 0 Å². The molecule has 1 unspecified atom stereocenters. The van der Waals surface area contributed by atoms with Gasteiger partial charge in [-0.15, -0.1) is 0 Å². The SMILES string of the molecule is Cc1cccc(OCC(=O)NNC(=O)c2ccc(S(=O)(=O)NCC(C)O)cc2)c1. The Balaban J connectivity index is 1.85. The third-order valence-electron chi connectivity index (χ3n) is 3.67. The lowest BCUT2D eigenvalue weighted by Crippen LogP contribution is -2.43. The monoisotopic (exact) mass is 421 g/mol. The predicted molar refractivity (Wildman–Crippen MR) is 106 cm³/mol. The fraction of sp³-hybridized carbons (Fsp3) is 0.263. The molecule has 2 amide bonds. The topological polar surface area (TPSA) is 134 Å². The number of rotatable bonds is 8. The van der Waals surface area contributed by atoms with Crippen molar-refractivity contribution in [2.24, 2.45) is 0 Å². The van der Waals surface area contributed by atoms with Gasteiger partial charge < -0.3 is 9.84 Å². The fourth-order valence-electron chi connectivity index (χ4n) is 2.19. The highest BCUT2D eigenvalue weighted by atomic mass is 32.2. The molecular formula is C19H23N3O6S. The van der Waals surface area contributed by atoms with Crippen molar-refractivity contribution in [3.8, 4) is 5.75 Å². The van der Waals surface area contributed by atoms with Crippen LogP contribution in [0.25, 0.3) is 0 Å². The van der Waals surface area contributed by atoms with Crippen molar-refractivity contribution in [2.45, 2.75) is 24.8 Å². The molecule has 0 fully saturated rings. The van der Waals surface area contributed by atoms with Crippen LogP contribution in [0.1, 0.15) is 22.8 Å². The molecular weight excluding hydrogens is 398 g/mol. The van der Waals surface area contributed by atoms with Crippen LogP contribution in [0.3, 0.4) is 0 Å². The first-order chi connectivity index (χ1) is 13.7. The van der Waals surface area contributed by atoms with Gasteiger partial charge in [-0.25, -0.2) is 13.1 Å². The van der Waals surface area contributed by atoms with Crippen LogP contribution in [0.2, 0.25) is 0 Å². The van der Waals surface area contributed by atoms with Gasteiger partial charge >= 0.3 is 0 Å². The molecule has 0 radical (unpaired) electrons. The number of hydrazine groups is 1. The smallest absolute Gasteiger partial charge is 0.276 e. The second-order valence-corrected chi connectivity index (χ2v) is 8.10. The van der Waals surface area contributed by atoms with Gasteiger partial charge in [-0.1, -0.05) is 12.1 Å². The van der Waals surface area contributed by atoms with Crippen LogP contribution < -0.4 is 20.3 Å². The molecule has 0 saturated carbocycles. The Bertz CT molecular complexity index is 958. The van der Waals surface area contributed by atoms with Gasteiger partial charge in [0.15, 0.2) is 6.61 Å². The van der Waals surface area contributed by atoms with E-state index in [0.717, 1.165) is 5.56 Å². The van der Waals surface area contributed by atoms with Gasteiger partial charge in [-0.05, 0) is 55.8 Å². The van der Waals surface area contributed by atoms with E-state index in [9.17, 15) is 23.1 Å². The lowest BCUT2D eigenvalue weighted by atomic mass is 10.2. The molecule has 2 aromatic rings. The summed E-state index contributed by atoms with van der Waals surface area (Å²) < 4.78 is 31.7. The summed E-state index contributed by atoms with van der Waals surface area (Å²) >= 11 is 0. The molecule has 4 N–H and O–H groups in total. The fourth-order valence-corrected chi connectivity index (χ4v) is 3.31. The van der Waals surface area contributed by atoms with Gasteiger partial charge in [0.25, 0.3) is 11.8 Å². The lowest BCUT2D eigenvalue weighted by Gasteiger charge is -2.10. The molecule has 0 aliphatic heterocycles. The van der Waals surface area contributed by atoms with E-state index in [0.29, 0.717) is 5.75 Å². The minimum atomic E-state index is -3.79. The first kappa shape index (κ1) is 22.3. The Morgan fingerprint density at radius 3 is 2.41 bits per heavy atom. The van der Waals surface area contributed by atoms with Gasteiger partial charge in [0.1, 0.15) is 5.75 Å². The van der Waals surface area contributed by atoms with Crippen molar-refractivity contribution < 1.29 is 27.9 Å². The molecule has 9 nitrogen and oxygen atoms in total. The van der Waals surface area contributed by atoms with E-state index in [2.05, 4.69) is 15.6 Å². The Kier molecular flexibility index (Phi) is 7.71. The first-order valence-corrected chi connectivity index (χ1v) is 10.2. The van der Waals surface area contributed by atoms with Gasteiger partial charge in [-0.3, -0.25) is 20.4 Å². The van der Waals surface area contributed by atoms with Crippen molar-refractivity contribution in [3.05, 3.63) is 59.7 Å². The van der Waals surface area contributed by atoms with Crippen LogP contribution in [-0.2, 0) is 14.8 Å². The minimum Gasteiger partial charge on any atom is -0.484 e. The zero-order chi connectivity index (χ0) is 21.4. The van der Waals surface area contributed by atoms with Gasteiger partial charge in [0.05, 0.1) is 11.0 Å². The van der Waals surface area contributed by atoms with Crippen LogP contribution in [0.15, 0.2) is 53.4 Å². The Labute approximate surface area is 169 Å². The van der Waals surface area contributed by atoms with Crippen molar-refractivity contribution in [2.75, 3.05) is 13.2 Å². The Hall–Kier alpha value is -2.95. The number of hydrogen-bond acceptors (Lipinski definition) is 6. The summed E-state index contributed by atoms with van der Waals surface area (Å²) in [6.07, 6.45) is -0.826. The highest BCUT2D eigenvalue weighted by Gasteiger charge is 2.15. The maximum absolute atomic E-state index is 12.1. The number of nitrogens with one attached hydrogen (secondary N) is 3. The highest BCUT2D eigenvalue weighted by Crippen LogP contribution is 2.12. The molecule has 0 aromatic heterocycles. The molecule has 0 saturated heterocycles. The standard InChI is InChI=1S/C19H23N3O6S/c1-13-4-3-5-16(10-13)28-12-18(24)21-22-19(25)15-6-8-17(9-7-15)29(26,27)20-11-14(2)23/h3-10,14,20,23H,11-12H2,1-2H3,(H,21,24)(H,22,25). The van der Waals surface area contributed by atoms with Crippen LogP contribution in [-0.4, -0.2) is 44.6 Å². The van der Waals surface area contributed by atoms with E-state index < -0.39 is 27.9 Å². The molecule has 29 heavy (non-hydrogen) atoms. The number of carbonyl (C=O) groups excluding carboxylic acids is 2. The molecule has 0 bridgehead atoms. The average molecular weight is 421 g/mol. The molecule has 0 aliphatic rings. The molecule has 156 valence electrons. The molecule has 10 heteroatoms. The van der Waals surface area contributed by atoms with Crippen molar-refractivity contribution in [1.82, 2.24) is 15.6 Å². The number of ether oxygens (including phenoxy) is 1. The number of aryl methyl sites for hydroxylation is 1. The summed E-state index contributed by atoms with van der Waals surface area (Å²) in [6.45, 7) is 2.94. The number of amides is 2. The quantitative estimate of drug-likeness (QED) is 0.459. The molecule has 1 atom stereocenters. The maximum Gasteiger partial charge on any atom is 0.276 e.